The molecule has 5 nitrogen and oxygen atoms in total. The normalized spacial score (nSPS) is 34.0. The molecule has 1 saturated carbocycles. The molecule has 1 aliphatic carbocycles. The molecule has 2 N–H and O–H groups in total. The summed E-state index contributed by atoms with van der Waals surface area (Å²) in [6.45, 7) is 4.24. The molecule has 2 aliphatic rings. The van der Waals surface area contributed by atoms with Crippen LogP contribution < -0.4 is 4.72 Å². The topological polar surface area (TPSA) is 69.6 Å². The van der Waals surface area contributed by atoms with Crippen molar-refractivity contribution in [1.29, 1.82) is 0 Å². The van der Waals surface area contributed by atoms with Crippen LogP contribution in [-0.2, 0) is 10.2 Å². The first-order valence-electron chi connectivity index (χ1n) is 7.39. The van der Waals surface area contributed by atoms with E-state index < -0.39 is 10.2 Å². The predicted molar refractivity (Wildman–Crippen MR) is 74.9 cm³/mol. The zero-order chi connectivity index (χ0) is 14.0. The van der Waals surface area contributed by atoms with Gasteiger partial charge >= 0.3 is 0 Å². The molecule has 3 unspecified atom stereocenters. The maximum Gasteiger partial charge on any atom is 0.279 e. The Kier molecular flexibility index (Phi) is 4.87. The Labute approximate surface area is 116 Å². The van der Waals surface area contributed by atoms with Crippen molar-refractivity contribution >= 4 is 10.2 Å². The van der Waals surface area contributed by atoms with Crippen molar-refractivity contribution < 1.29 is 13.5 Å². The van der Waals surface area contributed by atoms with Crippen LogP contribution in [0.2, 0.25) is 0 Å². The first kappa shape index (κ1) is 15.2. The Morgan fingerprint density at radius 2 is 1.84 bits per heavy atom. The van der Waals surface area contributed by atoms with E-state index in [0.29, 0.717) is 6.54 Å². The summed E-state index contributed by atoms with van der Waals surface area (Å²) in [5, 5.41) is 10.2. The van der Waals surface area contributed by atoms with Crippen LogP contribution in [0.1, 0.15) is 52.4 Å². The monoisotopic (exact) mass is 290 g/mol. The lowest BCUT2D eigenvalue weighted by Gasteiger charge is -2.36. The van der Waals surface area contributed by atoms with Crippen molar-refractivity contribution in [1.82, 2.24) is 9.03 Å². The van der Waals surface area contributed by atoms with Gasteiger partial charge in [0.15, 0.2) is 0 Å². The third-order valence-electron chi connectivity index (χ3n) is 4.22. The summed E-state index contributed by atoms with van der Waals surface area (Å²) in [6, 6.07) is -0.117. The Morgan fingerprint density at radius 1 is 1.16 bits per heavy atom. The molecule has 3 atom stereocenters. The Bertz CT molecular complexity index is 397. The molecule has 0 amide bonds. The van der Waals surface area contributed by atoms with Crippen molar-refractivity contribution in [3.63, 3.8) is 0 Å². The molecular formula is C13H26N2O3S. The predicted octanol–water partition coefficient (Wildman–Crippen LogP) is 1.24. The van der Waals surface area contributed by atoms with Crippen molar-refractivity contribution in [2.45, 2.75) is 70.6 Å². The molecular weight excluding hydrogens is 264 g/mol. The first-order chi connectivity index (χ1) is 8.92. The lowest BCUT2D eigenvalue weighted by atomic mass is 9.81. The van der Waals surface area contributed by atoms with Crippen LogP contribution in [-0.4, -0.2) is 42.6 Å². The van der Waals surface area contributed by atoms with Crippen molar-refractivity contribution in [3.05, 3.63) is 0 Å². The van der Waals surface area contributed by atoms with Crippen molar-refractivity contribution in [2.75, 3.05) is 6.54 Å². The van der Waals surface area contributed by atoms with E-state index in [9.17, 15) is 13.5 Å². The second kappa shape index (κ2) is 6.08. The number of rotatable bonds is 4. The molecule has 0 aromatic carbocycles. The molecule has 6 heteroatoms. The molecule has 0 aromatic heterocycles. The fourth-order valence-corrected chi connectivity index (χ4v) is 5.17. The van der Waals surface area contributed by atoms with E-state index in [-0.39, 0.29) is 24.1 Å². The largest absolute Gasteiger partial charge is 0.393 e. The molecule has 0 bridgehead atoms. The van der Waals surface area contributed by atoms with Crippen LogP contribution in [0.3, 0.4) is 0 Å². The summed E-state index contributed by atoms with van der Waals surface area (Å²) in [5.41, 5.74) is 0. The number of nitrogens with one attached hydrogen (secondary N) is 1. The average molecular weight is 290 g/mol. The highest BCUT2D eigenvalue weighted by molar-refractivity contribution is 7.87. The van der Waals surface area contributed by atoms with Gasteiger partial charge in [0.05, 0.1) is 6.10 Å². The van der Waals surface area contributed by atoms with Gasteiger partial charge in [-0.15, -0.1) is 0 Å². The van der Waals surface area contributed by atoms with E-state index in [1.807, 2.05) is 13.8 Å². The molecule has 112 valence electrons. The van der Waals surface area contributed by atoms with Crippen LogP contribution in [0.4, 0.5) is 0 Å². The van der Waals surface area contributed by atoms with E-state index >= 15 is 0 Å². The molecule has 19 heavy (non-hydrogen) atoms. The zero-order valence-corrected chi connectivity index (χ0v) is 12.7. The van der Waals surface area contributed by atoms with Crippen LogP contribution in [0, 0.1) is 5.92 Å². The molecule has 0 aromatic rings. The van der Waals surface area contributed by atoms with Gasteiger partial charge in [-0.1, -0.05) is 12.8 Å². The second-order valence-electron chi connectivity index (χ2n) is 6.11. The first-order valence-corrected chi connectivity index (χ1v) is 8.83. The molecule has 0 spiro atoms. The summed E-state index contributed by atoms with van der Waals surface area (Å²) in [7, 11) is -3.41. The summed E-state index contributed by atoms with van der Waals surface area (Å²) in [6.07, 6.45) is 5.35. The third kappa shape index (κ3) is 3.48. The van der Waals surface area contributed by atoms with E-state index in [1.165, 1.54) is 0 Å². The molecule has 0 radical (unpaired) electrons. The number of nitrogens with zero attached hydrogens (tertiary/aromatic N) is 1. The van der Waals surface area contributed by atoms with Gasteiger partial charge < -0.3 is 5.11 Å². The number of aliphatic hydroxyl groups excluding tert-OH is 1. The van der Waals surface area contributed by atoms with Gasteiger partial charge in [0, 0.05) is 24.5 Å². The number of hydrogen-bond donors (Lipinski definition) is 2. The number of hydrogen-bond acceptors (Lipinski definition) is 3. The molecule has 1 heterocycles. The smallest absolute Gasteiger partial charge is 0.279 e. The maximum atomic E-state index is 12.3. The average Bonchev–Trinajstić information content (AvgIpc) is 2.77. The zero-order valence-electron chi connectivity index (χ0n) is 11.9. The molecule has 1 aliphatic heterocycles. The van der Waals surface area contributed by atoms with Crippen LogP contribution >= 0.6 is 0 Å². The van der Waals surface area contributed by atoms with E-state index in [4.69, 9.17) is 0 Å². The van der Waals surface area contributed by atoms with Gasteiger partial charge in [0.1, 0.15) is 0 Å². The van der Waals surface area contributed by atoms with Gasteiger partial charge in [-0.3, -0.25) is 0 Å². The van der Waals surface area contributed by atoms with Crippen molar-refractivity contribution in [3.8, 4) is 0 Å². The molecule has 2 fully saturated rings. The van der Waals surface area contributed by atoms with E-state index in [1.54, 1.807) is 4.31 Å². The fraction of sp³-hybridized carbons (Fsp3) is 1.00. The fourth-order valence-electron chi connectivity index (χ4n) is 3.45. The summed E-state index contributed by atoms with van der Waals surface area (Å²) < 4.78 is 28.9. The Hall–Kier alpha value is -0.170. The lowest BCUT2D eigenvalue weighted by Crippen LogP contribution is -2.50. The standard InChI is InChI=1S/C13H26N2O3S/c1-10(2)14-19(17,18)15-9-5-7-12(15)11-6-3-4-8-13(11)16/h10-14,16H,3-9H2,1-2H3. The highest BCUT2D eigenvalue weighted by Gasteiger charge is 2.42. The summed E-state index contributed by atoms with van der Waals surface area (Å²) in [5.74, 6) is 0.111. The van der Waals surface area contributed by atoms with Gasteiger partial charge in [-0.2, -0.15) is 17.4 Å². The SMILES string of the molecule is CC(C)NS(=O)(=O)N1CCCC1C1CCCCC1O. The van der Waals surface area contributed by atoms with Crippen LogP contribution in [0.15, 0.2) is 0 Å². The Balaban J connectivity index is 2.12. The summed E-state index contributed by atoms with van der Waals surface area (Å²) >= 11 is 0. The lowest BCUT2D eigenvalue weighted by molar-refractivity contribution is 0.0384. The minimum absolute atomic E-state index is 0.0217. The molecule has 2 rings (SSSR count). The van der Waals surface area contributed by atoms with Crippen LogP contribution in [0.5, 0.6) is 0 Å². The Morgan fingerprint density at radius 3 is 2.47 bits per heavy atom. The van der Waals surface area contributed by atoms with Gasteiger partial charge in [0.25, 0.3) is 10.2 Å². The van der Waals surface area contributed by atoms with Crippen molar-refractivity contribution in [2.24, 2.45) is 5.92 Å². The van der Waals surface area contributed by atoms with Crippen LogP contribution in [0.25, 0.3) is 0 Å². The minimum Gasteiger partial charge on any atom is -0.393 e. The maximum absolute atomic E-state index is 12.3. The minimum atomic E-state index is -3.41. The van der Waals surface area contributed by atoms with Gasteiger partial charge in [-0.05, 0) is 39.5 Å². The quantitative estimate of drug-likeness (QED) is 0.818. The van der Waals surface area contributed by atoms with E-state index in [0.717, 1.165) is 38.5 Å². The highest BCUT2D eigenvalue weighted by atomic mass is 32.2. The van der Waals surface area contributed by atoms with E-state index in [2.05, 4.69) is 4.72 Å². The van der Waals surface area contributed by atoms with Gasteiger partial charge in [0.2, 0.25) is 0 Å². The second-order valence-corrected chi connectivity index (χ2v) is 7.77. The highest BCUT2D eigenvalue weighted by Crippen LogP contribution is 2.35. The third-order valence-corrected chi connectivity index (χ3v) is 6.06. The van der Waals surface area contributed by atoms with Gasteiger partial charge in [-0.25, -0.2) is 0 Å². The number of aliphatic hydroxyl groups is 1. The summed E-state index contributed by atoms with van der Waals surface area (Å²) in [4.78, 5) is 0. The molecule has 1 saturated heterocycles.